The van der Waals surface area contributed by atoms with Gasteiger partial charge >= 0.3 is 11.9 Å². The van der Waals surface area contributed by atoms with Crippen LogP contribution in [0.15, 0.2) is 24.3 Å². The predicted molar refractivity (Wildman–Crippen MR) is 120 cm³/mol. The number of aromatic hydroxyl groups is 1. The molecular formula is C22H30N4O9. The molecule has 0 radical (unpaired) electrons. The van der Waals surface area contributed by atoms with Crippen molar-refractivity contribution in [3.05, 3.63) is 29.8 Å². The van der Waals surface area contributed by atoms with Crippen molar-refractivity contribution in [2.24, 2.45) is 5.73 Å². The SMILES string of the molecule is CC(O)C(N)C(=O)NC(CC(=O)O)C(=O)N1CCCC1C(=O)NC(Cc1ccc(O)cc1)C(=O)O. The molecule has 3 amide bonds. The number of hydrogen-bond donors (Lipinski definition) is 7. The first kappa shape index (κ1) is 27.5. The Morgan fingerprint density at radius 3 is 2.26 bits per heavy atom. The summed E-state index contributed by atoms with van der Waals surface area (Å²) in [4.78, 5) is 62.3. The monoisotopic (exact) mass is 494 g/mol. The number of amides is 3. The van der Waals surface area contributed by atoms with Crippen molar-refractivity contribution in [1.82, 2.24) is 15.5 Å². The van der Waals surface area contributed by atoms with Gasteiger partial charge in [-0.3, -0.25) is 19.2 Å². The molecule has 1 heterocycles. The number of aliphatic carboxylic acids is 2. The van der Waals surface area contributed by atoms with Gasteiger partial charge in [-0.2, -0.15) is 0 Å². The van der Waals surface area contributed by atoms with E-state index in [9.17, 15) is 44.4 Å². The zero-order chi connectivity index (χ0) is 26.3. The van der Waals surface area contributed by atoms with Gasteiger partial charge in [-0.1, -0.05) is 12.1 Å². The Balaban J connectivity index is 2.14. The summed E-state index contributed by atoms with van der Waals surface area (Å²) in [6.07, 6.45) is -1.48. The number of rotatable bonds is 11. The number of nitrogens with zero attached hydrogens (tertiary/aromatic N) is 1. The number of aliphatic hydroxyl groups is 1. The molecule has 0 saturated carbocycles. The summed E-state index contributed by atoms with van der Waals surface area (Å²) in [7, 11) is 0. The summed E-state index contributed by atoms with van der Waals surface area (Å²) in [5.41, 5.74) is 6.10. The van der Waals surface area contributed by atoms with E-state index in [1.165, 1.54) is 31.2 Å². The van der Waals surface area contributed by atoms with E-state index < -0.39 is 66.4 Å². The minimum absolute atomic E-state index is 0.00202. The number of aliphatic hydroxyl groups excluding tert-OH is 1. The molecule has 1 aromatic rings. The number of carbonyl (C=O) groups excluding carboxylic acids is 3. The van der Waals surface area contributed by atoms with Crippen molar-refractivity contribution < 1.29 is 44.4 Å². The number of phenols is 1. The van der Waals surface area contributed by atoms with Crippen LogP contribution in [0.5, 0.6) is 5.75 Å². The minimum Gasteiger partial charge on any atom is -0.508 e. The number of carboxylic acid groups (broad SMARTS) is 2. The maximum atomic E-state index is 13.1. The fourth-order valence-corrected chi connectivity index (χ4v) is 3.70. The average molecular weight is 495 g/mol. The number of carbonyl (C=O) groups is 5. The molecule has 2 rings (SSSR count). The van der Waals surface area contributed by atoms with E-state index in [-0.39, 0.29) is 25.1 Å². The van der Waals surface area contributed by atoms with Gasteiger partial charge in [0.25, 0.3) is 0 Å². The lowest BCUT2D eigenvalue weighted by molar-refractivity contribution is -0.147. The van der Waals surface area contributed by atoms with E-state index in [0.29, 0.717) is 12.0 Å². The van der Waals surface area contributed by atoms with Gasteiger partial charge in [0.05, 0.1) is 12.5 Å². The van der Waals surface area contributed by atoms with Crippen molar-refractivity contribution in [1.29, 1.82) is 0 Å². The quantitative estimate of drug-likeness (QED) is 0.182. The number of benzene rings is 1. The molecule has 35 heavy (non-hydrogen) atoms. The molecule has 0 bridgehead atoms. The lowest BCUT2D eigenvalue weighted by Gasteiger charge is -2.29. The van der Waals surface area contributed by atoms with Gasteiger partial charge in [0, 0.05) is 13.0 Å². The molecule has 1 aromatic carbocycles. The summed E-state index contributed by atoms with van der Waals surface area (Å²) in [5.74, 6) is -5.17. The van der Waals surface area contributed by atoms with Crippen LogP contribution in [0, 0.1) is 0 Å². The molecule has 13 heteroatoms. The van der Waals surface area contributed by atoms with Crippen LogP contribution >= 0.6 is 0 Å². The standard InChI is InChI=1S/C22H30N4O9/c1-11(27)18(23)20(32)24-14(10-17(29)30)21(33)26-8-2-3-16(26)19(31)25-15(22(34)35)9-12-4-6-13(28)7-5-12/h4-7,11,14-16,18,27-28H,2-3,8-10,23H2,1H3,(H,24,32)(H,25,31)(H,29,30)(H,34,35). The first-order valence-corrected chi connectivity index (χ1v) is 11.0. The van der Waals surface area contributed by atoms with Gasteiger partial charge in [0.2, 0.25) is 17.7 Å². The van der Waals surface area contributed by atoms with Crippen molar-refractivity contribution >= 4 is 29.7 Å². The van der Waals surface area contributed by atoms with Crippen LogP contribution in [0.25, 0.3) is 0 Å². The Labute approximate surface area is 200 Å². The zero-order valence-corrected chi connectivity index (χ0v) is 19.1. The third kappa shape index (κ3) is 7.65. The van der Waals surface area contributed by atoms with Crippen LogP contribution in [-0.4, -0.2) is 91.8 Å². The first-order valence-electron chi connectivity index (χ1n) is 11.0. The van der Waals surface area contributed by atoms with Crippen LogP contribution in [0.2, 0.25) is 0 Å². The molecule has 8 N–H and O–H groups in total. The van der Waals surface area contributed by atoms with E-state index >= 15 is 0 Å². The number of nitrogens with two attached hydrogens (primary N) is 1. The molecular weight excluding hydrogens is 464 g/mol. The molecule has 1 aliphatic rings. The normalized spacial score (nSPS) is 18.7. The second-order valence-electron chi connectivity index (χ2n) is 8.39. The molecule has 1 saturated heterocycles. The number of nitrogens with one attached hydrogen (secondary N) is 2. The number of likely N-dealkylation sites (tertiary alicyclic amines) is 1. The number of carboxylic acids is 2. The lowest BCUT2D eigenvalue weighted by Crippen LogP contribution is -2.58. The third-order valence-electron chi connectivity index (χ3n) is 5.65. The molecule has 1 fully saturated rings. The van der Waals surface area contributed by atoms with E-state index in [2.05, 4.69) is 10.6 Å². The van der Waals surface area contributed by atoms with Crippen molar-refractivity contribution in [3.8, 4) is 5.75 Å². The Hall–Kier alpha value is -3.71. The first-order chi connectivity index (χ1) is 16.4. The fourth-order valence-electron chi connectivity index (χ4n) is 3.70. The summed E-state index contributed by atoms with van der Waals surface area (Å²) >= 11 is 0. The highest BCUT2D eigenvalue weighted by molar-refractivity contribution is 5.96. The van der Waals surface area contributed by atoms with Crippen LogP contribution in [0.4, 0.5) is 0 Å². The van der Waals surface area contributed by atoms with Crippen molar-refractivity contribution in [2.75, 3.05) is 6.54 Å². The van der Waals surface area contributed by atoms with E-state index in [1.54, 1.807) is 0 Å². The maximum Gasteiger partial charge on any atom is 0.326 e. The van der Waals surface area contributed by atoms with E-state index in [1.807, 2.05) is 0 Å². The zero-order valence-electron chi connectivity index (χ0n) is 19.1. The lowest BCUT2D eigenvalue weighted by atomic mass is 10.0. The van der Waals surface area contributed by atoms with Gasteiger partial charge in [-0.05, 0) is 37.5 Å². The molecule has 0 aliphatic carbocycles. The largest absolute Gasteiger partial charge is 0.508 e. The highest BCUT2D eigenvalue weighted by Crippen LogP contribution is 2.20. The van der Waals surface area contributed by atoms with Crippen molar-refractivity contribution in [3.63, 3.8) is 0 Å². The highest BCUT2D eigenvalue weighted by Gasteiger charge is 2.40. The number of hydrogen-bond acceptors (Lipinski definition) is 8. The van der Waals surface area contributed by atoms with Crippen LogP contribution in [0.1, 0.15) is 31.7 Å². The summed E-state index contributed by atoms with van der Waals surface area (Å²) in [6, 6.07) is 0.478. The smallest absolute Gasteiger partial charge is 0.326 e. The van der Waals surface area contributed by atoms with Gasteiger partial charge < -0.3 is 41.7 Å². The molecule has 13 nitrogen and oxygen atoms in total. The van der Waals surface area contributed by atoms with Crippen LogP contribution in [-0.2, 0) is 30.4 Å². The Morgan fingerprint density at radius 2 is 1.71 bits per heavy atom. The predicted octanol–water partition coefficient (Wildman–Crippen LogP) is -1.84. The second kappa shape index (κ2) is 12.1. The minimum atomic E-state index is -1.54. The molecule has 192 valence electrons. The van der Waals surface area contributed by atoms with Gasteiger partial charge in [0.1, 0.15) is 29.9 Å². The highest BCUT2D eigenvalue weighted by atomic mass is 16.4. The summed E-state index contributed by atoms with van der Waals surface area (Å²) in [6.45, 7) is 1.36. The Kier molecular flexibility index (Phi) is 9.54. The molecule has 0 aromatic heterocycles. The topological polar surface area (TPSA) is 220 Å². The average Bonchev–Trinajstić information content (AvgIpc) is 3.28. The van der Waals surface area contributed by atoms with E-state index in [0.717, 1.165) is 4.90 Å². The second-order valence-corrected chi connectivity index (χ2v) is 8.39. The van der Waals surface area contributed by atoms with Crippen LogP contribution < -0.4 is 16.4 Å². The molecule has 1 aliphatic heterocycles. The summed E-state index contributed by atoms with van der Waals surface area (Å²) in [5, 5.41) is 42.2. The fraction of sp³-hybridized carbons (Fsp3) is 0.500. The van der Waals surface area contributed by atoms with Crippen LogP contribution in [0.3, 0.4) is 0 Å². The van der Waals surface area contributed by atoms with Gasteiger partial charge in [-0.25, -0.2) is 4.79 Å². The Bertz CT molecular complexity index is 951. The molecule has 0 spiro atoms. The van der Waals surface area contributed by atoms with Gasteiger partial charge in [0.15, 0.2) is 0 Å². The Morgan fingerprint density at radius 1 is 1.09 bits per heavy atom. The van der Waals surface area contributed by atoms with Gasteiger partial charge in [-0.15, -0.1) is 0 Å². The summed E-state index contributed by atoms with van der Waals surface area (Å²) < 4.78 is 0. The molecule has 5 unspecified atom stereocenters. The molecule has 5 atom stereocenters. The van der Waals surface area contributed by atoms with Crippen molar-refractivity contribution in [2.45, 2.75) is 62.9 Å². The van der Waals surface area contributed by atoms with E-state index in [4.69, 9.17) is 5.73 Å². The maximum absolute atomic E-state index is 13.1. The third-order valence-corrected chi connectivity index (χ3v) is 5.65. The number of phenolic OH excluding ortho intramolecular Hbond substituents is 1.